The summed E-state index contributed by atoms with van der Waals surface area (Å²) in [5, 5.41) is 1.18. The maximum atomic E-state index is 5.17. The van der Waals surface area contributed by atoms with Gasteiger partial charge in [0.2, 0.25) is 0 Å². The van der Waals surface area contributed by atoms with Gasteiger partial charge in [0, 0.05) is 9.86 Å². The summed E-state index contributed by atoms with van der Waals surface area (Å²) in [6.45, 7) is 4.23. The molecule has 0 aliphatic heterocycles. The number of fused-ring (bicyclic) bond motifs is 1. The van der Waals surface area contributed by atoms with E-state index in [2.05, 4.69) is 60.1 Å². The van der Waals surface area contributed by atoms with Gasteiger partial charge < -0.3 is 4.42 Å². The molecule has 3 rings (SSSR count). The zero-order chi connectivity index (χ0) is 13.7. The van der Waals surface area contributed by atoms with Gasteiger partial charge in [-0.2, -0.15) is 0 Å². The first-order chi connectivity index (χ1) is 9.19. The average Bonchev–Trinajstić information content (AvgIpc) is 2.87. The number of rotatable bonds is 1. The first-order valence-corrected chi connectivity index (χ1v) is 7.16. The van der Waals surface area contributed by atoms with E-state index in [0.29, 0.717) is 0 Å². The molecule has 3 aromatic rings. The molecule has 0 unspecified atom stereocenters. The largest absolute Gasteiger partial charge is 0.464 e. The minimum Gasteiger partial charge on any atom is -0.464 e. The summed E-state index contributed by atoms with van der Waals surface area (Å²) in [6, 6.07) is 16.5. The monoisotopic (exact) mass is 316 g/mol. The molecule has 0 N–H and O–H groups in total. The van der Waals surface area contributed by atoms with Crippen molar-refractivity contribution in [2.24, 2.45) is 0 Å². The normalized spacial score (nSPS) is 10.1. The lowest BCUT2D eigenvalue weighted by atomic mass is 10.2. The van der Waals surface area contributed by atoms with E-state index in [1.54, 1.807) is 6.26 Å². The predicted molar refractivity (Wildman–Crippen MR) is 84.5 cm³/mol. The summed E-state index contributed by atoms with van der Waals surface area (Å²) in [5.74, 6) is 0. The topological polar surface area (TPSA) is 13.1 Å². The van der Waals surface area contributed by atoms with Crippen molar-refractivity contribution in [1.82, 2.24) is 0 Å². The number of furan rings is 1. The molecule has 0 saturated carbocycles. The fourth-order valence-corrected chi connectivity index (χ4v) is 2.07. The van der Waals surface area contributed by atoms with Crippen LogP contribution in [0.4, 0.5) is 0 Å². The van der Waals surface area contributed by atoms with Gasteiger partial charge in [-0.3, -0.25) is 0 Å². The summed E-state index contributed by atoms with van der Waals surface area (Å²) in [5.41, 5.74) is 3.62. The highest BCUT2D eigenvalue weighted by atomic mass is 79.9. The summed E-state index contributed by atoms with van der Waals surface area (Å²) < 4.78 is 6.33. The van der Waals surface area contributed by atoms with E-state index < -0.39 is 0 Å². The minimum absolute atomic E-state index is 0.964. The quantitative estimate of drug-likeness (QED) is 0.557. The van der Waals surface area contributed by atoms with Crippen LogP contribution in [0, 0.1) is 6.92 Å². The molecular formula is C17H17BrO. The summed E-state index contributed by atoms with van der Waals surface area (Å²) in [4.78, 5) is 0. The van der Waals surface area contributed by atoms with E-state index in [0.717, 1.165) is 16.5 Å². The average molecular weight is 317 g/mol. The van der Waals surface area contributed by atoms with Crippen molar-refractivity contribution in [3.05, 3.63) is 70.4 Å². The molecule has 0 fully saturated rings. The highest BCUT2D eigenvalue weighted by Gasteiger charge is 1.93. The summed E-state index contributed by atoms with van der Waals surface area (Å²) in [6.07, 6.45) is 2.83. The van der Waals surface area contributed by atoms with Crippen molar-refractivity contribution in [3.63, 3.8) is 0 Å². The van der Waals surface area contributed by atoms with E-state index in [9.17, 15) is 0 Å². The molecular weight excluding hydrogens is 300 g/mol. The SMILES string of the molecule is CCc1ccc(Br)cc1.Cc1ccc2occc2c1. The van der Waals surface area contributed by atoms with E-state index in [4.69, 9.17) is 4.42 Å². The van der Waals surface area contributed by atoms with Crippen LogP contribution >= 0.6 is 15.9 Å². The summed E-state index contributed by atoms with van der Waals surface area (Å²) >= 11 is 3.37. The molecule has 0 radical (unpaired) electrons. The van der Waals surface area contributed by atoms with Gasteiger partial charge in [-0.15, -0.1) is 0 Å². The molecule has 2 heteroatoms. The van der Waals surface area contributed by atoms with Crippen molar-refractivity contribution in [3.8, 4) is 0 Å². The van der Waals surface area contributed by atoms with Crippen molar-refractivity contribution in [1.29, 1.82) is 0 Å². The fourth-order valence-electron chi connectivity index (χ4n) is 1.81. The lowest BCUT2D eigenvalue weighted by molar-refractivity contribution is 0.616. The maximum Gasteiger partial charge on any atom is 0.133 e. The third kappa shape index (κ3) is 3.97. The van der Waals surface area contributed by atoms with E-state index >= 15 is 0 Å². The predicted octanol–water partition coefficient (Wildman–Crippen LogP) is 5.75. The molecule has 0 amide bonds. The highest BCUT2D eigenvalue weighted by Crippen LogP contribution is 2.15. The van der Waals surface area contributed by atoms with Crippen LogP contribution in [0.1, 0.15) is 18.1 Å². The van der Waals surface area contributed by atoms with Crippen LogP contribution in [0.2, 0.25) is 0 Å². The van der Waals surface area contributed by atoms with Gasteiger partial charge in [-0.1, -0.05) is 46.6 Å². The second-order valence-electron chi connectivity index (χ2n) is 4.44. The molecule has 2 aromatic carbocycles. The Balaban J connectivity index is 0.000000141. The minimum atomic E-state index is 0.964. The molecule has 0 bridgehead atoms. The van der Waals surface area contributed by atoms with Crippen molar-refractivity contribution < 1.29 is 4.42 Å². The number of aryl methyl sites for hydroxylation is 2. The van der Waals surface area contributed by atoms with Crippen LogP contribution < -0.4 is 0 Å². The molecule has 0 spiro atoms. The molecule has 98 valence electrons. The van der Waals surface area contributed by atoms with E-state index in [-0.39, 0.29) is 0 Å². The van der Waals surface area contributed by atoms with Gasteiger partial charge in [0.15, 0.2) is 0 Å². The Bertz CT molecular complexity index is 638. The number of benzene rings is 2. The molecule has 1 heterocycles. The van der Waals surface area contributed by atoms with Crippen molar-refractivity contribution in [2.45, 2.75) is 20.3 Å². The number of hydrogen-bond donors (Lipinski definition) is 0. The Labute approximate surface area is 122 Å². The molecule has 0 aliphatic carbocycles. The van der Waals surface area contributed by atoms with Gasteiger partial charge in [0.25, 0.3) is 0 Å². The third-order valence-corrected chi connectivity index (χ3v) is 3.46. The van der Waals surface area contributed by atoms with Crippen LogP contribution in [-0.2, 0) is 6.42 Å². The molecule has 0 saturated heterocycles. The third-order valence-electron chi connectivity index (χ3n) is 2.93. The van der Waals surface area contributed by atoms with Crippen LogP contribution in [0.15, 0.2) is 63.7 Å². The van der Waals surface area contributed by atoms with Crippen molar-refractivity contribution >= 4 is 26.9 Å². The van der Waals surface area contributed by atoms with Gasteiger partial charge >= 0.3 is 0 Å². The first-order valence-electron chi connectivity index (χ1n) is 6.37. The Hall–Kier alpha value is -1.54. The van der Waals surface area contributed by atoms with Gasteiger partial charge in [0.1, 0.15) is 5.58 Å². The van der Waals surface area contributed by atoms with E-state index in [1.165, 1.54) is 16.5 Å². The van der Waals surface area contributed by atoms with Gasteiger partial charge in [-0.05, 0) is 49.2 Å². The zero-order valence-corrected chi connectivity index (χ0v) is 12.8. The second kappa shape index (κ2) is 6.58. The Morgan fingerprint density at radius 1 is 1.00 bits per heavy atom. The fraction of sp³-hybridized carbons (Fsp3) is 0.176. The van der Waals surface area contributed by atoms with E-state index in [1.807, 2.05) is 18.2 Å². The van der Waals surface area contributed by atoms with Gasteiger partial charge in [-0.25, -0.2) is 0 Å². The molecule has 1 aromatic heterocycles. The van der Waals surface area contributed by atoms with Crippen molar-refractivity contribution in [2.75, 3.05) is 0 Å². The maximum absolute atomic E-state index is 5.17. The number of halogens is 1. The Kier molecular flexibility index (Phi) is 4.80. The smallest absolute Gasteiger partial charge is 0.133 e. The zero-order valence-electron chi connectivity index (χ0n) is 11.2. The van der Waals surface area contributed by atoms with Crippen LogP contribution in [0.3, 0.4) is 0 Å². The second-order valence-corrected chi connectivity index (χ2v) is 5.36. The molecule has 0 aliphatic rings. The Morgan fingerprint density at radius 3 is 2.42 bits per heavy atom. The Morgan fingerprint density at radius 2 is 1.74 bits per heavy atom. The molecule has 0 atom stereocenters. The first kappa shape index (κ1) is 13.9. The van der Waals surface area contributed by atoms with Crippen LogP contribution in [0.5, 0.6) is 0 Å². The lowest BCUT2D eigenvalue weighted by Crippen LogP contribution is -1.75. The van der Waals surface area contributed by atoms with Crippen LogP contribution in [-0.4, -0.2) is 0 Å². The highest BCUT2D eigenvalue weighted by molar-refractivity contribution is 9.10. The molecule has 19 heavy (non-hydrogen) atoms. The molecule has 1 nitrogen and oxygen atoms in total. The number of hydrogen-bond acceptors (Lipinski definition) is 1. The van der Waals surface area contributed by atoms with Gasteiger partial charge in [0.05, 0.1) is 6.26 Å². The van der Waals surface area contributed by atoms with Crippen LogP contribution in [0.25, 0.3) is 11.0 Å². The lowest BCUT2D eigenvalue weighted by Gasteiger charge is -1.93. The summed E-state index contributed by atoms with van der Waals surface area (Å²) in [7, 11) is 0. The standard InChI is InChI=1S/C9H8O.C8H9Br/c1-7-2-3-9-8(6-7)4-5-10-9;1-2-7-3-5-8(9)6-4-7/h2-6H,1H3;3-6H,2H2,1H3.